The molecule has 0 bridgehead atoms. The second-order valence-corrected chi connectivity index (χ2v) is 6.27. The largest absolute Gasteiger partial charge is 0.348 e. The summed E-state index contributed by atoms with van der Waals surface area (Å²) in [4.78, 5) is 16.1. The van der Waals surface area contributed by atoms with Gasteiger partial charge in [-0.2, -0.15) is 0 Å². The number of amides is 1. The second kappa shape index (κ2) is 7.40. The van der Waals surface area contributed by atoms with Gasteiger partial charge in [0.05, 0.1) is 11.9 Å². The summed E-state index contributed by atoms with van der Waals surface area (Å²) in [6, 6.07) is 12.2. The third kappa shape index (κ3) is 4.08. The molecular weight excluding hydrogens is 373 g/mol. The Kier molecular flexibility index (Phi) is 5.05. The highest BCUT2D eigenvalue weighted by Crippen LogP contribution is 2.15. The van der Waals surface area contributed by atoms with Gasteiger partial charge in [-0.25, -0.2) is 9.37 Å². The predicted octanol–water partition coefficient (Wildman–Crippen LogP) is 3.76. The van der Waals surface area contributed by atoms with Crippen molar-refractivity contribution in [2.75, 3.05) is 0 Å². The standard InChI is InChI=1S/C18H15BrFN3O/c19-15-5-6-17(20)16(9-15)18(24)22-10-13-1-3-14(4-2-13)11-23-8-7-21-12-23/h1-9,12H,10-11H2,(H,22,24). The Morgan fingerprint density at radius 3 is 2.62 bits per heavy atom. The van der Waals surface area contributed by atoms with Crippen molar-refractivity contribution in [3.8, 4) is 0 Å². The zero-order valence-corrected chi connectivity index (χ0v) is 14.3. The summed E-state index contributed by atoms with van der Waals surface area (Å²) in [7, 11) is 0. The normalized spacial score (nSPS) is 10.6. The lowest BCUT2D eigenvalue weighted by atomic mass is 10.1. The number of nitrogens with one attached hydrogen (secondary N) is 1. The summed E-state index contributed by atoms with van der Waals surface area (Å²) in [5.74, 6) is -0.970. The van der Waals surface area contributed by atoms with E-state index >= 15 is 0 Å². The van der Waals surface area contributed by atoms with Gasteiger partial charge in [0.2, 0.25) is 0 Å². The molecule has 0 saturated carbocycles. The molecule has 0 fully saturated rings. The molecule has 0 unspecified atom stereocenters. The molecule has 0 aliphatic heterocycles. The molecule has 1 N–H and O–H groups in total. The number of hydrogen-bond acceptors (Lipinski definition) is 2. The first-order valence-corrected chi connectivity index (χ1v) is 8.18. The quantitative estimate of drug-likeness (QED) is 0.724. The fourth-order valence-electron chi connectivity index (χ4n) is 2.30. The number of carbonyl (C=O) groups is 1. The van der Waals surface area contributed by atoms with Crippen molar-refractivity contribution in [1.82, 2.24) is 14.9 Å². The number of hydrogen-bond donors (Lipinski definition) is 1. The van der Waals surface area contributed by atoms with Crippen molar-refractivity contribution in [3.63, 3.8) is 0 Å². The molecule has 0 spiro atoms. The van der Waals surface area contributed by atoms with Gasteiger partial charge in [0, 0.05) is 30.0 Å². The minimum absolute atomic E-state index is 0.0288. The van der Waals surface area contributed by atoms with Crippen molar-refractivity contribution in [2.24, 2.45) is 0 Å². The Bertz CT molecular complexity index is 832. The average molecular weight is 388 g/mol. The first-order chi connectivity index (χ1) is 11.6. The summed E-state index contributed by atoms with van der Waals surface area (Å²) in [6.07, 6.45) is 5.41. The van der Waals surface area contributed by atoms with Crippen LogP contribution in [0.4, 0.5) is 4.39 Å². The van der Waals surface area contributed by atoms with Crippen LogP contribution in [0.3, 0.4) is 0 Å². The number of halogens is 2. The minimum atomic E-state index is -0.536. The highest BCUT2D eigenvalue weighted by molar-refractivity contribution is 9.10. The number of rotatable bonds is 5. The van der Waals surface area contributed by atoms with E-state index in [1.54, 1.807) is 18.6 Å². The van der Waals surface area contributed by atoms with E-state index in [1.165, 1.54) is 12.1 Å². The Hall–Kier alpha value is -2.47. The van der Waals surface area contributed by atoms with Gasteiger partial charge in [-0.15, -0.1) is 0 Å². The number of nitrogens with zero attached hydrogens (tertiary/aromatic N) is 2. The molecule has 4 nitrogen and oxygen atoms in total. The van der Waals surface area contributed by atoms with Gasteiger partial charge in [-0.1, -0.05) is 40.2 Å². The van der Waals surface area contributed by atoms with Gasteiger partial charge in [-0.3, -0.25) is 4.79 Å². The van der Waals surface area contributed by atoms with Crippen LogP contribution >= 0.6 is 15.9 Å². The molecule has 24 heavy (non-hydrogen) atoms. The Morgan fingerprint density at radius 1 is 1.17 bits per heavy atom. The van der Waals surface area contributed by atoms with Crippen molar-refractivity contribution < 1.29 is 9.18 Å². The van der Waals surface area contributed by atoms with Crippen LogP contribution in [0.2, 0.25) is 0 Å². The van der Waals surface area contributed by atoms with Crippen LogP contribution in [0.1, 0.15) is 21.5 Å². The smallest absolute Gasteiger partial charge is 0.254 e. The number of carbonyl (C=O) groups excluding carboxylic acids is 1. The molecule has 6 heteroatoms. The second-order valence-electron chi connectivity index (χ2n) is 5.36. The zero-order chi connectivity index (χ0) is 16.9. The van der Waals surface area contributed by atoms with Crippen molar-refractivity contribution in [2.45, 2.75) is 13.1 Å². The van der Waals surface area contributed by atoms with Gasteiger partial charge in [0.1, 0.15) is 5.82 Å². The first-order valence-electron chi connectivity index (χ1n) is 7.38. The molecule has 122 valence electrons. The van der Waals surface area contributed by atoms with E-state index < -0.39 is 11.7 Å². The SMILES string of the molecule is O=C(NCc1ccc(Cn2ccnc2)cc1)c1cc(Br)ccc1F. The molecule has 0 atom stereocenters. The fraction of sp³-hybridized carbons (Fsp3) is 0.111. The molecule has 3 aromatic rings. The van der Waals surface area contributed by atoms with Gasteiger partial charge < -0.3 is 9.88 Å². The van der Waals surface area contributed by atoms with Crippen LogP contribution in [-0.4, -0.2) is 15.5 Å². The van der Waals surface area contributed by atoms with Crippen molar-refractivity contribution >= 4 is 21.8 Å². The van der Waals surface area contributed by atoms with Crippen LogP contribution in [-0.2, 0) is 13.1 Å². The molecule has 0 saturated heterocycles. The van der Waals surface area contributed by atoms with Crippen LogP contribution in [0.5, 0.6) is 0 Å². The lowest BCUT2D eigenvalue weighted by Gasteiger charge is -2.08. The maximum atomic E-state index is 13.7. The maximum absolute atomic E-state index is 13.7. The summed E-state index contributed by atoms with van der Waals surface area (Å²) in [6.45, 7) is 1.09. The number of benzene rings is 2. The molecular formula is C18H15BrFN3O. The summed E-state index contributed by atoms with van der Waals surface area (Å²) < 4.78 is 16.3. The number of aromatic nitrogens is 2. The molecule has 1 heterocycles. The Balaban J connectivity index is 1.60. The molecule has 0 aliphatic rings. The molecule has 0 aliphatic carbocycles. The summed E-state index contributed by atoms with van der Waals surface area (Å²) in [5, 5.41) is 2.73. The topological polar surface area (TPSA) is 46.9 Å². The van der Waals surface area contributed by atoms with Crippen LogP contribution < -0.4 is 5.32 Å². The van der Waals surface area contributed by atoms with Crippen molar-refractivity contribution in [1.29, 1.82) is 0 Å². The van der Waals surface area contributed by atoms with Gasteiger partial charge >= 0.3 is 0 Å². The monoisotopic (exact) mass is 387 g/mol. The lowest BCUT2D eigenvalue weighted by molar-refractivity contribution is 0.0947. The molecule has 2 aromatic carbocycles. The average Bonchev–Trinajstić information content (AvgIpc) is 3.09. The summed E-state index contributed by atoms with van der Waals surface area (Å²) in [5.41, 5.74) is 2.12. The zero-order valence-electron chi connectivity index (χ0n) is 12.7. The molecule has 1 aromatic heterocycles. The highest BCUT2D eigenvalue weighted by atomic mass is 79.9. The fourth-order valence-corrected chi connectivity index (χ4v) is 2.66. The van der Waals surface area contributed by atoms with E-state index in [4.69, 9.17) is 0 Å². The third-order valence-electron chi connectivity index (χ3n) is 3.57. The van der Waals surface area contributed by atoms with E-state index in [1.807, 2.05) is 35.0 Å². The van der Waals surface area contributed by atoms with Crippen LogP contribution in [0.25, 0.3) is 0 Å². The molecule has 3 rings (SSSR count). The van der Waals surface area contributed by atoms with E-state index in [0.717, 1.165) is 17.7 Å². The van der Waals surface area contributed by atoms with Gasteiger partial charge in [0.15, 0.2) is 0 Å². The molecule has 0 radical (unpaired) electrons. The highest BCUT2D eigenvalue weighted by Gasteiger charge is 2.11. The van der Waals surface area contributed by atoms with Crippen LogP contribution in [0.15, 0.2) is 65.7 Å². The lowest BCUT2D eigenvalue weighted by Crippen LogP contribution is -2.23. The third-order valence-corrected chi connectivity index (χ3v) is 4.07. The van der Waals surface area contributed by atoms with Gasteiger partial charge in [0.25, 0.3) is 5.91 Å². The maximum Gasteiger partial charge on any atom is 0.254 e. The van der Waals surface area contributed by atoms with E-state index in [9.17, 15) is 9.18 Å². The van der Waals surface area contributed by atoms with E-state index in [2.05, 4.69) is 26.2 Å². The predicted molar refractivity (Wildman–Crippen MR) is 93.0 cm³/mol. The van der Waals surface area contributed by atoms with Crippen molar-refractivity contribution in [3.05, 3.63) is 88.2 Å². The molecule has 1 amide bonds. The summed E-state index contributed by atoms with van der Waals surface area (Å²) >= 11 is 3.24. The first kappa shape index (κ1) is 16.4. The van der Waals surface area contributed by atoms with Gasteiger partial charge in [-0.05, 0) is 29.3 Å². The van der Waals surface area contributed by atoms with E-state index in [0.29, 0.717) is 11.0 Å². The van der Waals surface area contributed by atoms with E-state index in [-0.39, 0.29) is 5.56 Å². The minimum Gasteiger partial charge on any atom is -0.348 e. The Morgan fingerprint density at radius 2 is 1.92 bits per heavy atom. The van der Waals surface area contributed by atoms with Crippen LogP contribution in [0, 0.1) is 5.82 Å². The number of imidazole rings is 1. The Labute approximate surface area is 147 Å².